The molecule has 0 aromatic carbocycles. The maximum atomic E-state index is 4.71. The van der Waals surface area contributed by atoms with Gasteiger partial charge in [0.25, 0.3) is 0 Å². The van der Waals surface area contributed by atoms with Gasteiger partial charge < -0.3 is 10.6 Å². The van der Waals surface area contributed by atoms with Crippen LogP contribution in [0, 0.1) is 6.92 Å². The Bertz CT molecular complexity index is 687. The second kappa shape index (κ2) is 11.1. The van der Waals surface area contributed by atoms with Crippen molar-refractivity contribution >= 4 is 53.0 Å². The number of aryl methyl sites for hydroxylation is 2. The summed E-state index contributed by atoms with van der Waals surface area (Å²) in [6, 6.07) is 0.178. The van der Waals surface area contributed by atoms with E-state index in [4.69, 9.17) is 4.99 Å². The monoisotopic (exact) mass is 507 g/mol. The molecule has 7 nitrogen and oxygen atoms in total. The van der Waals surface area contributed by atoms with Crippen LogP contribution in [-0.2, 0) is 6.54 Å². The number of hydrogen-bond acceptors (Lipinski definition) is 6. The molecule has 2 N–H and O–H groups in total. The fraction of sp³-hybridized carbons (Fsp3) is 0.625. The molecule has 144 valence electrons. The van der Waals surface area contributed by atoms with E-state index < -0.39 is 0 Å². The van der Waals surface area contributed by atoms with E-state index in [-0.39, 0.29) is 30.0 Å². The number of fused-ring (bicyclic) bond motifs is 1. The van der Waals surface area contributed by atoms with Crippen LogP contribution in [0.2, 0.25) is 0 Å². The van der Waals surface area contributed by atoms with Gasteiger partial charge in [-0.1, -0.05) is 11.8 Å². The van der Waals surface area contributed by atoms with Crippen molar-refractivity contribution in [1.29, 1.82) is 0 Å². The number of aliphatic imine (C=N–C) groups is 1. The minimum absolute atomic E-state index is 0. The third-order valence-corrected chi connectivity index (χ3v) is 5.90. The Morgan fingerprint density at radius 3 is 3.15 bits per heavy atom. The molecule has 3 rings (SSSR count). The smallest absolute Gasteiger partial charge is 0.191 e. The second-order valence-electron chi connectivity index (χ2n) is 5.84. The number of thioether (sulfide) groups is 1. The summed E-state index contributed by atoms with van der Waals surface area (Å²) >= 11 is 3.49. The van der Waals surface area contributed by atoms with Gasteiger partial charge in [0.1, 0.15) is 16.0 Å². The molecule has 3 heterocycles. The van der Waals surface area contributed by atoms with Crippen molar-refractivity contribution in [2.24, 2.45) is 4.99 Å². The number of hydrogen-bond donors (Lipinski definition) is 2. The Morgan fingerprint density at radius 2 is 2.38 bits per heavy atom. The summed E-state index contributed by atoms with van der Waals surface area (Å²) in [5, 5.41) is 13.3. The van der Waals surface area contributed by atoms with Crippen molar-refractivity contribution in [2.75, 3.05) is 18.8 Å². The molecule has 0 spiro atoms. The van der Waals surface area contributed by atoms with Gasteiger partial charge >= 0.3 is 0 Å². The van der Waals surface area contributed by atoms with Gasteiger partial charge in [0.15, 0.2) is 5.96 Å². The largest absolute Gasteiger partial charge is 0.357 e. The van der Waals surface area contributed by atoms with E-state index in [0.717, 1.165) is 66.6 Å². The van der Waals surface area contributed by atoms with Crippen molar-refractivity contribution < 1.29 is 0 Å². The molecule has 0 amide bonds. The van der Waals surface area contributed by atoms with E-state index in [2.05, 4.69) is 32.6 Å². The molecule has 26 heavy (non-hydrogen) atoms. The molecule has 10 heteroatoms. The van der Waals surface area contributed by atoms with E-state index >= 15 is 0 Å². The minimum Gasteiger partial charge on any atom is -0.357 e. The Kier molecular flexibility index (Phi) is 9.12. The molecule has 0 radical (unpaired) electrons. The van der Waals surface area contributed by atoms with Crippen LogP contribution < -0.4 is 10.6 Å². The van der Waals surface area contributed by atoms with Crippen LogP contribution >= 0.6 is 47.1 Å². The number of halogens is 1. The lowest BCUT2D eigenvalue weighted by molar-refractivity contribution is 0.397. The fourth-order valence-electron chi connectivity index (χ4n) is 2.79. The molecule has 0 fully saturated rings. The first kappa shape index (κ1) is 21.4. The summed E-state index contributed by atoms with van der Waals surface area (Å²) in [6.45, 7) is 6.63. The molecule has 1 aliphatic rings. The molecule has 0 aliphatic carbocycles. The lowest BCUT2D eigenvalue weighted by atomic mass is 10.1. The zero-order valence-electron chi connectivity index (χ0n) is 15.1. The van der Waals surface area contributed by atoms with Crippen LogP contribution in [-0.4, -0.2) is 44.6 Å². The predicted octanol–water partition coefficient (Wildman–Crippen LogP) is 3.23. The molecule has 0 bridgehead atoms. The van der Waals surface area contributed by atoms with E-state index in [9.17, 15) is 0 Å². The summed E-state index contributed by atoms with van der Waals surface area (Å²) in [5.41, 5.74) is 0. The molecule has 2 aromatic rings. The van der Waals surface area contributed by atoms with Crippen molar-refractivity contribution in [1.82, 2.24) is 30.4 Å². The van der Waals surface area contributed by atoms with Gasteiger partial charge in [0.05, 0.1) is 6.04 Å². The van der Waals surface area contributed by atoms with Crippen molar-refractivity contribution in [3.8, 4) is 0 Å². The summed E-state index contributed by atoms with van der Waals surface area (Å²) < 4.78 is 3.15. The molecule has 1 unspecified atom stereocenters. The second-order valence-corrected chi connectivity index (χ2v) is 8.08. The molecule has 0 saturated heterocycles. The lowest BCUT2D eigenvalue weighted by Crippen LogP contribution is -2.41. The first-order valence-electron chi connectivity index (χ1n) is 8.74. The number of rotatable bonds is 7. The topological polar surface area (TPSA) is 80.0 Å². The normalized spacial score (nSPS) is 16.7. The minimum atomic E-state index is 0. The average Bonchev–Trinajstić information content (AvgIpc) is 3.23. The van der Waals surface area contributed by atoms with E-state index in [0.29, 0.717) is 0 Å². The SMILES string of the molecule is CCNC(=NCCCSc1nccs1)NC1CCCn2nc(C)nc21.I. The fourth-order valence-corrected chi connectivity index (χ4v) is 4.42. The van der Waals surface area contributed by atoms with Crippen LogP contribution in [0.4, 0.5) is 0 Å². The maximum absolute atomic E-state index is 4.71. The van der Waals surface area contributed by atoms with E-state index in [1.165, 1.54) is 0 Å². The van der Waals surface area contributed by atoms with Crippen molar-refractivity contribution in [2.45, 2.75) is 50.0 Å². The van der Waals surface area contributed by atoms with Gasteiger partial charge in [-0.2, -0.15) is 5.10 Å². The average molecular weight is 507 g/mol. The Balaban J connectivity index is 0.00000243. The van der Waals surface area contributed by atoms with Crippen LogP contribution in [0.5, 0.6) is 0 Å². The Labute approximate surface area is 179 Å². The van der Waals surface area contributed by atoms with Crippen LogP contribution in [0.1, 0.15) is 43.9 Å². The number of thiazole rings is 1. The molecule has 2 aromatic heterocycles. The highest BCUT2D eigenvalue weighted by molar-refractivity contribution is 14.0. The zero-order chi connectivity index (χ0) is 17.5. The summed E-state index contributed by atoms with van der Waals surface area (Å²) in [7, 11) is 0. The van der Waals surface area contributed by atoms with Gasteiger partial charge in [-0.05, 0) is 33.1 Å². The number of nitrogens with zero attached hydrogens (tertiary/aromatic N) is 5. The lowest BCUT2D eigenvalue weighted by Gasteiger charge is -2.25. The van der Waals surface area contributed by atoms with Crippen LogP contribution in [0.3, 0.4) is 0 Å². The van der Waals surface area contributed by atoms with Gasteiger partial charge in [0.2, 0.25) is 0 Å². The summed E-state index contributed by atoms with van der Waals surface area (Å²) in [4.78, 5) is 13.6. The standard InChI is InChI=1S/C16H25N7S2.HI/c1-3-17-15(18-7-5-10-24-16-19-8-11-25-16)21-13-6-4-9-23-14(13)20-12(2)22-23;/h8,11,13H,3-7,9-10H2,1-2H3,(H2,17,18,21);1H. The highest BCUT2D eigenvalue weighted by Crippen LogP contribution is 2.23. The highest BCUT2D eigenvalue weighted by Gasteiger charge is 2.24. The van der Waals surface area contributed by atoms with E-state index in [1.54, 1.807) is 23.1 Å². The van der Waals surface area contributed by atoms with Gasteiger partial charge in [0, 0.05) is 37.0 Å². The zero-order valence-corrected chi connectivity index (χ0v) is 19.1. The van der Waals surface area contributed by atoms with Gasteiger partial charge in [-0.25, -0.2) is 14.6 Å². The molecular weight excluding hydrogens is 481 g/mol. The number of guanidine groups is 1. The maximum Gasteiger partial charge on any atom is 0.191 e. The summed E-state index contributed by atoms with van der Waals surface area (Å²) in [6.07, 6.45) is 5.05. The first-order valence-corrected chi connectivity index (χ1v) is 10.6. The quantitative estimate of drug-likeness (QED) is 0.197. The molecule has 1 aliphatic heterocycles. The van der Waals surface area contributed by atoms with Crippen molar-refractivity contribution in [3.05, 3.63) is 23.2 Å². The summed E-state index contributed by atoms with van der Waals surface area (Å²) in [5.74, 6) is 3.76. The first-order chi connectivity index (χ1) is 12.3. The third-order valence-electron chi connectivity index (χ3n) is 3.84. The van der Waals surface area contributed by atoms with Crippen LogP contribution in [0.25, 0.3) is 0 Å². The number of aromatic nitrogens is 4. The number of nitrogens with one attached hydrogen (secondary N) is 2. The predicted molar refractivity (Wildman–Crippen MR) is 119 cm³/mol. The molecule has 1 atom stereocenters. The third kappa shape index (κ3) is 6.08. The Hall–Kier alpha value is -0.880. The van der Waals surface area contributed by atoms with Crippen LogP contribution in [0.15, 0.2) is 20.9 Å². The van der Waals surface area contributed by atoms with Gasteiger partial charge in [-0.3, -0.25) is 4.99 Å². The van der Waals surface area contributed by atoms with E-state index in [1.807, 2.05) is 23.2 Å². The molecule has 0 saturated carbocycles. The highest BCUT2D eigenvalue weighted by atomic mass is 127. The van der Waals surface area contributed by atoms with Gasteiger partial charge in [-0.15, -0.1) is 35.3 Å². The molecular formula is C16H26IN7S2. The van der Waals surface area contributed by atoms with Crippen molar-refractivity contribution in [3.63, 3.8) is 0 Å². The Morgan fingerprint density at radius 1 is 1.50 bits per heavy atom.